The zero-order valence-electron chi connectivity index (χ0n) is 19.5. The molecule has 1 amide bonds. The van der Waals surface area contributed by atoms with E-state index in [-0.39, 0.29) is 24.2 Å². The number of alkyl halides is 2. The Morgan fingerprint density at radius 3 is 2.80 bits per heavy atom. The zero-order chi connectivity index (χ0) is 24.7. The van der Waals surface area contributed by atoms with E-state index in [1.165, 1.54) is 6.07 Å². The Hall–Kier alpha value is -4.15. The number of nitrogens with zero attached hydrogens (tertiary/aromatic N) is 7. The second-order valence-corrected chi connectivity index (χ2v) is 8.59. The molecule has 1 atom stereocenters. The van der Waals surface area contributed by atoms with Crippen LogP contribution in [0.2, 0.25) is 0 Å². The largest absolute Gasteiger partial charge is 0.341 e. The maximum Gasteiger partial charge on any atom is 0.280 e. The third kappa shape index (κ3) is 4.36. The van der Waals surface area contributed by atoms with Gasteiger partial charge in [0, 0.05) is 43.7 Å². The highest BCUT2D eigenvalue weighted by Crippen LogP contribution is 2.29. The van der Waals surface area contributed by atoms with Crippen LogP contribution >= 0.6 is 0 Å². The average molecular weight is 479 g/mol. The third-order valence-corrected chi connectivity index (χ3v) is 6.06. The Morgan fingerprint density at radius 2 is 2.06 bits per heavy atom. The van der Waals surface area contributed by atoms with Crippen molar-refractivity contribution in [1.82, 2.24) is 34.2 Å². The number of nitrogens with one attached hydrogen (secondary N) is 1. The van der Waals surface area contributed by atoms with Crippen molar-refractivity contribution in [1.29, 1.82) is 0 Å². The van der Waals surface area contributed by atoms with Gasteiger partial charge in [-0.1, -0.05) is 6.07 Å². The molecule has 0 bridgehead atoms. The lowest BCUT2D eigenvalue weighted by atomic mass is 10.1. The Bertz CT molecular complexity index is 1400. The normalized spacial score (nSPS) is 15.5. The molecule has 9 nitrogen and oxygen atoms in total. The number of aryl methyl sites for hydroxylation is 2. The summed E-state index contributed by atoms with van der Waals surface area (Å²) in [7, 11) is 1.82. The van der Waals surface area contributed by atoms with Crippen LogP contribution in [0.25, 0.3) is 11.3 Å². The number of fused-ring (bicyclic) bond motifs is 1. The lowest BCUT2D eigenvalue weighted by Gasteiger charge is -2.34. The van der Waals surface area contributed by atoms with Gasteiger partial charge in [-0.15, -0.1) is 0 Å². The Morgan fingerprint density at radius 1 is 1.23 bits per heavy atom. The van der Waals surface area contributed by atoms with Crippen molar-refractivity contribution < 1.29 is 13.6 Å². The molecule has 0 fully saturated rings. The van der Waals surface area contributed by atoms with Crippen LogP contribution in [0.4, 0.5) is 20.5 Å². The number of amides is 1. The summed E-state index contributed by atoms with van der Waals surface area (Å²) in [4.78, 5) is 28.1. The molecule has 11 heteroatoms. The Balaban J connectivity index is 1.42. The standard InChI is InChI=1S/C24H24F2N8O/c1-14-10-27-24(30-20-7-8-28-32(20)3)31-21(14)16-9-19-23(35)34(15(2)11-33(19)12-16)13-17-5-4-6-18(29-17)22(25)26/h4-10,12,15,22H,11,13H2,1-3H3,(H,27,30,31)/t15-/m0/s1. The SMILES string of the molecule is Cc1cnc(Nc2ccnn2C)nc1-c1cc2n(c1)C[C@H](C)N(Cc1cccc(C(F)F)n1)C2=O. The number of anilines is 2. The first-order valence-electron chi connectivity index (χ1n) is 11.1. The third-order valence-electron chi connectivity index (χ3n) is 6.06. The quantitative estimate of drug-likeness (QED) is 0.448. The van der Waals surface area contributed by atoms with Crippen LogP contribution in [-0.4, -0.2) is 46.1 Å². The smallest absolute Gasteiger partial charge is 0.280 e. The van der Waals surface area contributed by atoms with Crippen LogP contribution in [0, 0.1) is 6.92 Å². The Labute approximate surface area is 200 Å². The van der Waals surface area contributed by atoms with E-state index in [9.17, 15) is 13.6 Å². The summed E-state index contributed by atoms with van der Waals surface area (Å²) in [5.41, 5.74) is 3.04. The van der Waals surface area contributed by atoms with Crippen LogP contribution < -0.4 is 5.32 Å². The van der Waals surface area contributed by atoms with E-state index in [0.717, 1.165) is 16.9 Å². The molecule has 180 valence electrons. The van der Waals surface area contributed by atoms with Crippen molar-refractivity contribution in [3.63, 3.8) is 0 Å². The molecule has 5 heterocycles. The highest BCUT2D eigenvalue weighted by atomic mass is 19.3. The fourth-order valence-corrected chi connectivity index (χ4v) is 4.22. The first-order chi connectivity index (χ1) is 16.8. The molecule has 35 heavy (non-hydrogen) atoms. The minimum atomic E-state index is -2.66. The van der Waals surface area contributed by atoms with E-state index in [1.807, 2.05) is 43.8 Å². The summed E-state index contributed by atoms with van der Waals surface area (Å²) < 4.78 is 29.7. The van der Waals surface area contributed by atoms with Gasteiger partial charge in [-0.05, 0) is 37.6 Å². The van der Waals surface area contributed by atoms with Crippen molar-refractivity contribution >= 4 is 17.7 Å². The van der Waals surface area contributed by atoms with Crippen LogP contribution in [0.15, 0.2) is 48.9 Å². The number of carbonyl (C=O) groups is 1. The molecule has 0 spiro atoms. The first kappa shape index (κ1) is 22.6. The average Bonchev–Trinajstić information content (AvgIpc) is 3.44. The zero-order valence-corrected chi connectivity index (χ0v) is 19.5. The lowest BCUT2D eigenvalue weighted by Crippen LogP contribution is -2.45. The summed E-state index contributed by atoms with van der Waals surface area (Å²) in [5, 5.41) is 7.28. The molecule has 4 aromatic rings. The van der Waals surface area contributed by atoms with Gasteiger partial charge in [0.05, 0.1) is 24.1 Å². The molecule has 0 aromatic carbocycles. The molecule has 0 saturated heterocycles. The predicted molar refractivity (Wildman–Crippen MR) is 125 cm³/mol. The molecule has 4 aromatic heterocycles. The second kappa shape index (κ2) is 8.90. The summed E-state index contributed by atoms with van der Waals surface area (Å²) in [6.07, 6.45) is 2.67. The minimum Gasteiger partial charge on any atom is -0.341 e. The van der Waals surface area contributed by atoms with Gasteiger partial charge in [0.1, 0.15) is 17.2 Å². The van der Waals surface area contributed by atoms with Crippen LogP contribution in [0.5, 0.6) is 0 Å². The first-order valence-corrected chi connectivity index (χ1v) is 11.1. The highest BCUT2D eigenvalue weighted by molar-refractivity contribution is 5.95. The van der Waals surface area contributed by atoms with Crippen molar-refractivity contribution in [2.75, 3.05) is 5.32 Å². The number of pyridine rings is 1. The highest BCUT2D eigenvalue weighted by Gasteiger charge is 2.31. The summed E-state index contributed by atoms with van der Waals surface area (Å²) in [6, 6.07) is 7.98. The molecule has 1 aliphatic heterocycles. The van der Waals surface area contributed by atoms with Gasteiger partial charge in [-0.2, -0.15) is 5.10 Å². The molecular formula is C24H24F2N8O. The Kier molecular flexibility index (Phi) is 5.75. The van der Waals surface area contributed by atoms with E-state index in [0.29, 0.717) is 29.6 Å². The maximum absolute atomic E-state index is 13.4. The van der Waals surface area contributed by atoms with Gasteiger partial charge in [0.15, 0.2) is 0 Å². The van der Waals surface area contributed by atoms with Gasteiger partial charge in [-0.25, -0.2) is 23.7 Å². The van der Waals surface area contributed by atoms with Crippen molar-refractivity contribution in [2.24, 2.45) is 7.05 Å². The maximum atomic E-state index is 13.4. The van der Waals surface area contributed by atoms with E-state index < -0.39 is 6.43 Å². The number of hydrogen-bond donors (Lipinski definition) is 1. The van der Waals surface area contributed by atoms with Gasteiger partial charge in [0.25, 0.3) is 12.3 Å². The fourth-order valence-electron chi connectivity index (χ4n) is 4.22. The number of carbonyl (C=O) groups excluding carboxylic acids is 1. The molecule has 0 saturated carbocycles. The summed E-state index contributed by atoms with van der Waals surface area (Å²) in [5.74, 6) is 0.990. The van der Waals surface area contributed by atoms with E-state index in [4.69, 9.17) is 0 Å². The van der Waals surface area contributed by atoms with Crippen molar-refractivity contribution in [3.8, 4) is 11.3 Å². The molecule has 0 unspecified atom stereocenters. The van der Waals surface area contributed by atoms with E-state index in [1.54, 1.807) is 34.1 Å². The predicted octanol–water partition coefficient (Wildman–Crippen LogP) is 4.11. The fraction of sp³-hybridized carbons (Fsp3) is 0.292. The molecule has 5 rings (SSSR count). The van der Waals surface area contributed by atoms with Crippen LogP contribution in [0.3, 0.4) is 0 Å². The molecule has 0 aliphatic carbocycles. The number of halogens is 2. The minimum absolute atomic E-state index is 0.138. The second-order valence-electron chi connectivity index (χ2n) is 8.59. The van der Waals surface area contributed by atoms with Gasteiger partial charge in [0.2, 0.25) is 5.95 Å². The van der Waals surface area contributed by atoms with Gasteiger partial charge < -0.3 is 14.8 Å². The topological polar surface area (TPSA) is 93.8 Å². The van der Waals surface area contributed by atoms with E-state index >= 15 is 0 Å². The molecule has 0 radical (unpaired) electrons. The number of aromatic nitrogens is 6. The van der Waals surface area contributed by atoms with Crippen molar-refractivity contribution in [2.45, 2.75) is 39.4 Å². The molecule has 1 aliphatic rings. The van der Waals surface area contributed by atoms with Crippen LogP contribution in [0.1, 0.15) is 40.8 Å². The van der Waals surface area contributed by atoms with Gasteiger partial charge >= 0.3 is 0 Å². The van der Waals surface area contributed by atoms with Crippen molar-refractivity contribution in [3.05, 3.63) is 71.6 Å². The van der Waals surface area contributed by atoms with Gasteiger partial charge in [-0.3, -0.25) is 9.48 Å². The molecular weight excluding hydrogens is 454 g/mol. The van der Waals surface area contributed by atoms with Crippen LogP contribution in [-0.2, 0) is 20.1 Å². The number of hydrogen-bond acceptors (Lipinski definition) is 6. The summed E-state index contributed by atoms with van der Waals surface area (Å²) in [6.45, 7) is 4.58. The summed E-state index contributed by atoms with van der Waals surface area (Å²) >= 11 is 0. The lowest BCUT2D eigenvalue weighted by molar-refractivity contribution is 0.0592. The molecule has 1 N–H and O–H groups in total. The van der Waals surface area contributed by atoms with E-state index in [2.05, 4.69) is 25.4 Å². The number of rotatable bonds is 6. The monoisotopic (exact) mass is 478 g/mol.